The van der Waals surface area contributed by atoms with E-state index in [9.17, 15) is 0 Å². The molecule has 0 spiro atoms. The van der Waals surface area contributed by atoms with Crippen LogP contribution >= 0.6 is 23.5 Å². The Morgan fingerprint density at radius 3 is 1.41 bits per heavy atom. The summed E-state index contributed by atoms with van der Waals surface area (Å²) >= 11 is 3.29. The molecule has 0 saturated heterocycles. The molecule has 0 fully saturated rings. The van der Waals surface area contributed by atoms with E-state index >= 15 is 0 Å². The highest BCUT2D eigenvalue weighted by atomic mass is 32.2. The molecule has 0 radical (unpaired) electrons. The predicted molar refractivity (Wildman–Crippen MR) is 89.6 cm³/mol. The molecule has 3 rings (SSSR count). The monoisotopic (exact) mass is 326 g/mol. The van der Waals surface area contributed by atoms with E-state index in [1.165, 1.54) is 11.1 Å². The van der Waals surface area contributed by atoms with E-state index in [1.807, 2.05) is 12.1 Å². The summed E-state index contributed by atoms with van der Waals surface area (Å²) in [6.45, 7) is 0. The standard InChI is InChI=1S/C16H14N4S2/c1-2-6-14(12-22-16-19-9-4-10-20-16)13(5-1)11-21-15-17-7-3-8-18-15/h1-10H,11-12H2. The zero-order valence-electron chi connectivity index (χ0n) is 11.8. The molecule has 0 unspecified atom stereocenters. The molecule has 0 N–H and O–H groups in total. The fraction of sp³-hybridized carbons (Fsp3) is 0.125. The van der Waals surface area contributed by atoms with Crippen molar-refractivity contribution in [1.29, 1.82) is 0 Å². The molecule has 2 aromatic heterocycles. The van der Waals surface area contributed by atoms with Crippen LogP contribution in [0.15, 0.2) is 71.5 Å². The second kappa shape index (κ2) is 7.91. The fourth-order valence-corrected chi connectivity index (χ4v) is 3.52. The summed E-state index contributed by atoms with van der Waals surface area (Å²) in [7, 11) is 0. The van der Waals surface area contributed by atoms with Crippen molar-refractivity contribution in [2.24, 2.45) is 0 Å². The molecule has 2 heterocycles. The number of hydrogen-bond acceptors (Lipinski definition) is 6. The molecule has 0 atom stereocenters. The topological polar surface area (TPSA) is 51.6 Å². The third-order valence-corrected chi connectivity index (χ3v) is 4.76. The van der Waals surface area contributed by atoms with Crippen molar-refractivity contribution >= 4 is 23.5 Å². The van der Waals surface area contributed by atoms with Crippen molar-refractivity contribution in [3.05, 3.63) is 72.3 Å². The fourth-order valence-electron chi connectivity index (χ4n) is 1.84. The Kier molecular flexibility index (Phi) is 5.39. The minimum Gasteiger partial charge on any atom is -0.231 e. The maximum absolute atomic E-state index is 4.24. The van der Waals surface area contributed by atoms with Crippen molar-refractivity contribution in [3.8, 4) is 0 Å². The summed E-state index contributed by atoms with van der Waals surface area (Å²) in [5.74, 6) is 1.72. The summed E-state index contributed by atoms with van der Waals surface area (Å²) in [6, 6.07) is 12.1. The molecular weight excluding hydrogens is 312 g/mol. The Balaban J connectivity index is 1.65. The number of rotatable bonds is 6. The minimum absolute atomic E-state index is 0.802. The van der Waals surface area contributed by atoms with Crippen LogP contribution in [0.4, 0.5) is 0 Å². The molecule has 0 aliphatic heterocycles. The van der Waals surface area contributed by atoms with Crippen LogP contribution in [0, 0.1) is 0 Å². The summed E-state index contributed by atoms with van der Waals surface area (Å²) in [6.07, 6.45) is 7.07. The molecule has 0 saturated carbocycles. The normalized spacial score (nSPS) is 10.5. The van der Waals surface area contributed by atoms with Crippen LogP contribution in [-0.4, -0.2) is 19.9 Å². The van der Waals surface area contributed by atoms with E-state index in [4.69, 9.17) is 0 Å². The van der Waals surface area contributed by atoms with Gasteiger partial charge in [0, 0.05) is 36.3 Å². The lowest BCUT2D eigenvalue weighted by molar-refractivity contribution is 0.964. The van der Waals surface area contributed by atoms with E-state index in [1.54, 1.807) is 48.3 Å². The maximum atomic E-state index is 4.24. The van der Waals surface area contributed by atoms with Gasteiger partial charge in [0.1, 0.15) is 0 Å². The van der Waals surface area contributed by atoms with Crippen molar-refractivity contribution in [2.45, 2.75) is 21.8 Å². The van der Waals surface area contributed by atoms with E-state index in [2.05, 4.69) is 44.2 Å². The average molecular weight is 326 g/mol. The van der Waals surface area contributed by atoms with Crippen molar-refractivity contribution < 1.29 is 0 Å². The van der Waals surface area contributed by atoms with Crippen molar-refractivity contribution in [3.63, 3.8) is 0 Å². The van der Waals surface area contributed by atoms with E-state index in [0.29, 0.717) is 0 Å². The van der Waals surface area contributed by atoms with Gasteiger partial charge in [-0.25, -0.2) is 19.9 Å². The molecular formula is C16H14N4S2. The summed E-state index contributed by atoms with van der Waals surface area (Å²) in [5.41, 5.74) is 2.59. The zero-order chi connectivity index (χ0) is 15.0. The first kappa shape index (κ1) is 15.0. The van der Waals surface area contributed by atoms with Gasteiger partial charge in [0.2, 0.25) is 0 Å². The number of thioether (sulfide) groups is 2. The first-order chi connectivity index (χ1) is 10.9. The predicted octanol–water partition coefficient (Wildman–Crippen LogP) is 3.85. The van der Waals surface area contributed by atoms with Crippen LogP contribution in [0.3, 0.4) is 0 Å². The molecule has 1 aromatic carbocycles. The Morgan fingerprint density at radius 2 is 1.00 bits per heavy atom. The second-order valence-electron chi connectivity index (χ2n) is 4.41. The molecule has 6 heteroatoms. The molecule has 4 nitrogen and oxygen atoms in total. The lowest BCUT2D eigenvalue weighted by Gasteiger charge is -2.08. The van der Waals surface area contributed by atoms with Gasteiger partial charge in [0.25, 0.3) is 0 Å². The number of benzene rings is 1. The quantitative estimate of drug-likeness (QED) is 0.506. The van der Waals surface area contributed by atoms with E-state index in [-0.39, 0.29) is 0 Å². The van der Waals surface area contributed by atoms with Gasteiger partial charge < -0.3 is 0 Å². The summed E-state index contributed by atoms with van der Waals surface area (Å²) in [5, 5.41) is 1.60. The highest BCUT2D eigenvalue weighted by Crippen LogP contribution is 2.25. The third kappa shape index (κ3) is 4.29. The Labute approximate surface area is 137 Å². The molecule has 22 heavy (non-hydrogen) atoms. The summed E-state index contributed by atoms with van der Waals surface area (Å²) in [4.78, 5) is 17.0. The van der Waals surface area contributed by atoms with Crippen LogP contribution in [0.25, 0.3) is 0 Å². The first-order valence-electron chi connectivity index (χ1n) is 6.78. The third-order valence-electron chi connectivity index (χ3n) is 2.92. The Morgan fingerprint density at radius 1 is 0.591 bits per heavy atom. The lowest BCUT2D eigenvalue weighted by atomic mass is 10.1. The van der Waals surface area contributed by atoms with Gasteiger partial charge in [-0.2, -0.15) is 0 Å². The molecule has 0 bridgehead atoms. The van der Waals surface area contributed by atoms with Crippen LogP contribution in [-0.2, 0) is 11.5 Å². The Hall–Kier alpha value is -1.92. The highest BCUT2D eigenvalue weighted by molar-refractivity contribution is 7.98. The molecule has 110 valence electrons. The van der Waals surface area contributed by atoms with Crippen LogP contribution in [0.2, 0.25) is 0 Å². The number of aromatic nitrogens is 4. The van der Waals surface area contributed by atoms with Crippen LogP contribution in [0.5, 0.6) is 0 Å². The van der Waals surface area contributed by atoms with Crippen molar-refractivity contribution in [1.82, 2.24) is 19.9 Å². The molecule has 0 aliphatic rings. The van der Waals surface area contributed by atoms with Crippen LogP contribution < -0.4 is 0 Å². The largest absolute Gasteiger partial charge is 0.231 e. The molecule has 3 aromatic rings. The lowest BCUT2D eigenvalue weighted by Crippen LogP contribution is -1.93. The highest BCUT2D eigenvalue weighted by Gasteiger charge is 2.05. The van der Waals surface area contributed by atoms with E-state index < -0.39 is 0 Å². The second-order valence-corrected chi connectivity index (χ2v) is 6.29. The van der Waals surface area contributed by atoms with Crippen molar-refractivity contribution in [2.75, 3.05) is 0 Å². The smallest absolute Gasteiger partial charge is 0.187 e. The molecule has 0 aliphatic carbocycles. The number of hydrogen-bond donors (Lipinski definition) is 0. The minimum atomic E-state index is 0.802. The Bertz CT molecular complexity index is 645. The molecule has 0 amide bonds. The first-order valence-corrected chi connectivity index (χ1v) is 8.75. The maximum Gasteiger partial charge on any atom is 0.187 e. The summed E-state index contributed by atoms with van der Waals surface area (Å²) < 4.78 is 0. The van der Waals surface area contributed by atoms with Gasteiger partial charge in [-0.15, -0.1) is 0 Å². The van der Waals surface area contributed by atoms with Gasteiger partial charge >= 0.3 is 0 Å². The zero-order valence-corrected chi connectivity index (χ0v) is 13.4. The SMILES string of the molecule is c1cnc(SCc2ccccc2CSc2ncccn2)nc1. The van der Waals surface area contributed by atoms with Gasteiger partial charge in [0.05, 0.1) is 0 Å². The van der Waals surface area contributed by atoms with Crippen LogP contribution in [0.1, 0.15) is 11.1 Å². The van der Waals surface area contributed by atoms with Gasteiger partial charge in [-0.3, -0.25) is 0 Å². The number of nitrogens with zero attached hydrogens (tertiary/aromatic N) is 4. The van der Waals surface area contributed by atoms with Gasteiger partial charge in [-0.1, -0.05) is 47.8 Å². The van der Waals surface area contributed by atoms with E-state index in [0.717, 1.165) is 21.8 Å². The van der Waals surface area contributed by atoms with Gasteiger partial charge in [0.15, 0.2) is 10.3 Å². The van der Waals surface area contributed by atoms with Gasteiger partial charge in [-0.05, 0) is 23.3 Å². The average Bonchev–Trinajstić information content (AvgIpc) is 2.61.